The molecule has 0 saturated carbocycles. The first-order valence-corrected chi connectivity index (χ1v) is 11.2. The van der Waals surface area contributed by atoms with Gasteiger partial charge in [-0.05, 0) is 55.2 Å². The Morgan fingerprint density at radius 3 is 2.70 bits per heavy atom. The number of nitrogens with zero attached hydrogens (tertiary/aromatic N) is 3. The number of carbonyl (C=O) groups is 1. The predicted octanol–water partition coefficient (Wildman–Crippen LogP) is 4.90. The van der Waals surface area contributed by atoms with E-state index in [0.29, 0.717) is 10.2 Å². The molecule has 3 aromatic rings. The zero-order valence-electron chi connectivity index (χ0n) is 17.1. The van der Waals surface area contributed by atoms with Crippen LogP contribution in [0.2, 0.25) is 5.02 Å². The van der Waals surface area contributed by atoms with Crippen LogP contribution in [0.15, 0.2) is 47.6 Å². The third kappa shape index (κ3) is 4.04. The Hall–Kier alpha value is -2.51. The highest BCUT2D eigenvalue weighted by Gasteiger charge is 2.37. The van der Waals surface area contributed by atoms with E-state index >= 15 is 0 Å². The van der Waals surface area contributed by atoms with Gasteiger partial charge in [-0.2, -0.15) is 0 Å². The molecule has 0 bridgehead atoms. The van der Waals surface area contributed by atoms with Crippen LogP contribution in [0.5, 0.6) is 0 Å². The second-order valence-corrected chi connectivity index (χ2v) is 8.96. The van der Waals surface area contributed by atoms with Gasteiger partial charge >= 0.3 is 0 Å². The quantitative estimate of drug-likeness (QED) is 0.589. The van der Waals surface area contributed by atoms with Gasteiger partial charge in [-0.25, -0.2) is 4.68 Å². The summed E-state index contributed by atoms with van der Waals surface area (Å²) >= 11 is 7.52. The van der Waals surface area contributed by atoms with Crippen LogP contribution >= 0.6 is 23.4 Å². The van der Waals surface area contributed by atoms with Crippen LogP contribution in [0.3, 0.4) is 0 Å². The van der Waals surface area contributed by atoms with Crippen molar-refractivity contribution in [1.82, 2.24) is 14.9 Å². The van der Waals surface area contributed by atoms with Gasteiger partial charge < -0.3 is 10.7 Å². The van der Waals surface area contributed by atoms with Crippen LogP contribution in [0.1, 0.15) is 41.9 Å². The number of fused-ring (bicyclic) bond motifs is 1. The number of amides is 1. The van der Waals surface area contributed by atoms with Gasteiger partial charge in [-0.1, -0.05) is 54.6 Å². The lowest BCUT2D eigenvalue weighted by Gasteiger charge is -2.33. The number of aryl methyl sites for hydroxylation is 2. The van der Waals surface area contributed by atoms with E-state index in [2.05, 4.69) is 27.9 Å². The molecule has 1 aliphatic heterocycles. The lowest BCUT2D eigenvalue weighted by Crippen LogP contribution is -2.41. The van der Waals surface area contributed by atoms with Gasteiger partial charge in [0.25, 0.3) is 0 Å². The second-order valence-electron chi connectivity index (χ2n) is 7.42. The SMILES string of the molecule is CCCc1nnc2n1N[C@H](c1ccc(Cl)cc1)[C@H](C(=O)Nc1cccc(C)c1C)S2. The molecule has 2 heterocycles. The maximum Gasteiger partial charge on any atom is 0.240 e. The fourth-order valence-corrected chi connectivity index (χ4v) is 4.72. The maximum atomic E-state index is 13.4. The Bertz CT molecular complexity index is 1070. The van der Waals surface area contributed by atoms with Crippen LogP contribution in [0, 0.1) is 13.8 Å². The van der Waals surface area contributed by atoms with Gasteiger partial charge in [0.15, 0.2) is 5.82 Å². The molecule has 1 aromatic heterocycles. The summed E-state index contributed by atoms with van der Waals surface area (Å²) in [6, 6.07) is 13.3. The minimum Gasteiger partial charge on any atom is -0.325 e. The van der Waals surface area contributed by atoms with Gasteiger partial charge in [0.1, 0.15) is 5.25 Å². The second kappa shape index (κ2) is 8.70. The molecular formula is C22H24ClN5OS. The van der Waals surface area contributed by atoms with Crippen molar-refractivity contribution >= 4 is 35.0 Å². The number of benzene rings is 2. The van der Waals surface area contributed by atoms with Gasteiger partial charge in [0, 0.05) is 17.1 Å². The molecule has 156 valence electrons. The summed E-state index contributed by atoms with van der Waals surface area (Å²) in [7, 11) is 0. The highest BCUT2D eigenvalue weighted by atomic mass is 35.5. The molecule has 30 heavy (non-hydrogen) atoms. The highest BCUT2D eigenvalue weighted by molar-refractivity contribution is 8.00. The minimum atomic E-state index is -0.419. The Morgan fingerprint density at radius 1 is 1.20 bits per heavy atom. The lowest BCUT2D eigenvalue weighted by atomic mass is 10.0. The van der Waals surface area contributed by atoms with E-state index in [1.807, 2.05) is 61.0 Å². The number of halogens is 1. The zero-order valence-corrected chi connectivity index (χ0v) is 18.7. The Labute approximate surface area is 185 Å². The molecule has 0 fully saturated rings. The largest absolute Gasteiger partial charge is 0.325 e. The van der Waals surface area contributed by atoms with Crippen LogP contribution in [-0.4, -0.2) is 26.0 Å². The summed E-state index contributed by atoms with van der Waals surface area (Å²) in [6.07, 6.45) is 1.78. The highest BCUT2D eigenvalue weighted by Crippen LogP contribution is 2.38. The zero-order chi connectivity index (χ0) is 21.3. The minimum absolute atomic E-state index is 0.0764. The molecule has 4 rings (SSSR count). The monoisotopic (exact) mass is 441 g/mol. The standard InChI is InChI=1S/C22H24ClN5OS/c1-4-6-18-25-26-22-28(18)27-19(15-9-11-16(23)12-10-15)20(30-22)21(29)24-17-8-5-7-13(2)14(17)3/h5,7-12,19-20,27H,4,6H2,1-3H3,(H,24,29)/t19-,20-/m1/s1. The first-order chi connectivity index (χ1) is 14.5. The summed E-state index contributed by atoms with van der Waals surface area (Å²) in [5.41, 5.74) is 7.49. The van der Waals surface area contributed by atoms with Crippen molar-refractivity contribution < 1.29 is 4.79 Å². The molecule has 0 saturated heterocycles. The molecule has 1 amide bonds. The van der Waals surface area contributed by atoms with E-state index < -0.39 is 5.25 Å². The number of thioether (sulfide) groups is 1. The number of carbonyl (C=O) groups excluding carboxylic acids is 1. The van der Waals surface area contributed by atoms with Crippen molar-refractivity contribution in [2.75, 3.05) is 10.7 Å². The normalized spacial score (nSPS) is 17.9. The predicted molar refractivity (Wildman–Crippen MR) is 122 cm³/mol. The Morgan fingerprint density at radius 2 is 1.97 bits per heavy atom. The summed E-state index contributed by atoms with van der Waals surface area (Å²) in [6.45, 7) is 6.16. The average Bonchev–Trinajstić information content (AvgIpc) is 3.13. The summed E-state index contributed by atoms with van der Waals surface area (Å²) in [5, 5.41) is 12.7. The number of hydrogen-bond acceptors (Lipinski definition) is 5. The molecule has 1 aliphatic rings. The molecule has 0 spiro atoms. The lowest BCUT2D eigenvalue weighted by molar-refractivity contribution is -0.116. The van der Waals surface area contributed by atoms with Crippen molar-refractivity contribution in [1.29, 1.82) is 0 Å². The third-order valence-electron chi connectivity index (χ3n) is 5.33. The smallest absolute Gasteiger partial charge is 0.240 e. The molecule has 0 aliphatic carbocycles. The van der Waals surface area contributed by atoms with Crippen molar-refractivity contribution in [3.05, 3.63) is 70.0 Å². The molecule has 2 atom stereocenters. The first kappa shape index (κ1) is 20.8. The van der Waals surface area contributed by atoms with Crippen molar-refractivity contribution in [2.24, 2.45) is 0 Å². The van der Waals surface area contributed by atoms with Gasteiger partial charge in [-0.15, -0.1) is 10.2 Å². The number of nitrogens with one attached hydrogen (secondary N) is 2. The van der Waals surface area contributed by atoms with Crippen molar-refractivity contribution in [2.45, 2.75) is 50.1 Å². The van der Waals surface area contributed by atoms with E-state index in [9.17, 15) is 4.79 Å². The van der Waals surface area contributed by atoms with Crippen LogP contribution in [0.4, 0.5) is 5.69 Å². The van der Waals surface area contributed by atoms with Crippen molar-refractivity contribution in [3.63, 3.8) is 0 Å². The number of aromatic nitrogens is 3. The van der Waals surface area contributed by atoms with E-state index in [1.165, 1.54) is 11.8 Å². The molecular weight excluding hydrogens is 418 g/mol. The molecule has 8 heteroatoms. The fraction of sp³-hybridized carbons (Fsp3) is 0.318. The molecule has 6 nitrogen and oxygen atoms in total. The fourth-order valence-electron chi connectivity index (χ4n) is 3.49. The first-order valence-electron chi connectivity index (χ1n) is 9.98. The van der Waals surface area contributed by atoms with Crippen molar-refractivity contribution in [3.8, 4) is 0 Å². The van der Waals surface area contributed by atoms with E-state index in [4.69, 9.17) is 11.6 Å². The molecule has 0 radical (unpaired) electrons. The van der Waals surface area contributed by atoms with Gasteiger partial charge in [0.2, 0.25) is 11.1 Å². The summed E-state index contributed by atoms with van der Waals surface area (Å²) in [4.78, 5) is 13.4. The maximum absolute atomic E-state index is 13.4. The summed E-state index contributed by atoms with van der Waals surface area (Å²) < 4.78 is 1.91. The Kier molecular flexibility index (Phi) is 6.01. The molecule has 0 unspecified atom stereocenters. The molecule has 2 aromatic carbocycles. The average molecular weight is 442 g/mol. The van der Waals surface area contributed by atoms with E-state index in [-0.39, 0.29) is 11.9 Å². The number of rotatable bonds is 5. The Balaban J connectivity index is 1.68. The van der Waals surface area contributed by atoms with Crippen LogP contribution in [0.25, 0.3) is 0 Å². The summed E-state index contributed by atoms with van der Waals surface area (Å²) in [5.74, 6) is 0.791. The van der Waals surface area contributed by atoms with Gasteiger partial charge in [-0.3, -0.25) is 4.79 Å². The topological polar surface area (TPSA) is 71.8 Å². The third-order valence-corrected chi connectivity index (χ3v) is 6.79. The van der Waals surface area contributed by atoms with Gasteiger partial charge in [0.05, 0.1) is 6.04 Å². The van der Waals surface area contributed by atoms with Crippen LogP contribution < -0.4 is 10.7 Å². The van der Waals surface area contributed by atoms with Crippen LogP contribution in [-0.2, 0) is 11.2 Å². The van der Waals surface area contributed by atoms with E-state index in [0.717, 1.165) is 41.0 Å². The number of anilines is 1. The van der Waals surface area contributed by atoms with E-state index in [1.54, 1.807) is 0 Å². The molecule has 2 N–H and O–H groups in total. The number of hydrogen-bond donors (Lipinski definition) is 2.